The zero-order valence-electron chi connectivity index (χ0n) is 18.7. The summed E-state index contributed by atoms with van der Waals surface area (Å²) in [5, 5.41) is 3.23. The van der Waals surface area contributed by atoms with Gasteiger partial charge in [-0.15, -0.1) is 0 Å². The first-order chi connectivity index (χ1) is 14.3. The molecule has 0 atom stereocenters. The van der Waals surface area contributed by atoms with E-state index in [4.69, 9.17) is 23.8 Å². The van der Waals surface area contributed by atoms with Crippen molar-refractivity contribution in [3.05, 3.63) is 69.8 Å². The van der Waals surface area contributed by atoms with Crippen LogP contribution in [0.2, 0.25) is 5.02 Å². The zero-order valence-corrected chi connectivity index (χ0v) is 20.2. The van der Waals surface area contributed by atoms with Gasteiger partial charge in [-0.1, -0.05) is 71.3 Å². The van der Waals surface area contributed by atoms with Crippen molar-refractivity contribution < 1.29 is 9.59 Å². The van der Waals surface area contributed by atoms with E-state index < -0.39 is 11.8 Å². The molecular weight excluding hydrogens is 428 g/mol. The van der Waals surface area contributed by atoms with E-state index in [0.717, 1.165) is 16.7 Å². The van der Waals surface area contributed by atoms with Crippen LogP contribution in [0.25, 0.3) is 6.08 Å². The molecule has 1 aliphatic heterocycles. The Balaban J connectivity index is 2.11. The molecule has 1 aliphatic rings. The number of nitrogens with one attached hydrogen (secondary N) is 1. The molecule has 1 saturated heterocycles. The molecule has 1 N–H and O–H groups in total. The molecule has 0 unspecified atom stereocenters. The fourth-order valence-electron chi connectivity index (χ4n) is 3.25. The van der Waals surface area contributed by atoms with Gasteiger partial charge in [0, 0.05) is 5.02 Å². The fourth-order valence-corrected chi connectivity index (χ4v) is 3.66. The van der Waals surface area contributed by atoms with E-state index in [0.29, 0.717) is 10.7 Å². The highest BCUT2D eigenvalue weighted by Crippen LogP contribution is 2.31. The number of amides is 2. The zero-order chi connectivity index (χ0) is 23.1. The maximum Gasteiger partial charge on any atom is 0.270 e. The lowest BCUT2D eigenvalue weighted by atomic mass is 9.79. The van der Waals surface area contributed by atoms with E-state index in [1.165, 1.54) is 4.90 Å². The van der Waals surface area contributed by atoms with Crippen molar-refractivity contribution in [3.63, 3.8) is 0 Å². The topological polar surface area (TPSA) is 49.4 Å². The Morgan fingerprint density at radius 1 is 0.903 bits per heavy atom. The molecule has 0 radical (unpaired) electrons. The minimum atomic E-state index is -0.501. The van der Waals surface area contributed by atoms with Crippen molar-refractivity contribution >= 4 is 52.5 Å². The largest absolute Gasteiger partial charge is 0.298 e. The van der Waals surface area contributed by atoms with Gasteiger partial charge in [-0.3, -0.25) is 19.8 Å². The Morgan fingerprint density at radius 2 is 1.42 bits per heavy atom. The van der Waals surface area contributed by atoms with Gasteiger partial charge in [0.15, 0.2) is 5.11 Å². The minimum Gasteiger partial charge on any atom is -0.298 e. The van der Waals surface area contributed by atoms with E-state index in [-0.39, 0.29) is 21.5 Å². The van der Waals surface area contributed by atoms with Gasteiger partial charge in [-0.05, 0) is 70.1 Å². The number of carbonyl (C=O) groups is 2. The quantitative estimate of drug-likeness (QED) is 0.356. The van der Waals surface area contributed by atoms with Crippen molar-refractivity contribution in [3.8, 4) is 0 Å². The number of nitrogens with zero attached hydrogens (tertiary/aromatic N) is 1. The lowest BCUT2D eigenvalue weighted by Crippen LogP contribution is -2.54. The Labute approximate surface area is 194 Å². The number of hydrogen-bond donors (Lipinski definition) is 1. The van der Waals surface area contributed by atoms with Crippen LogP contribution >= 0.6 is 23.8 Å². The number of halogens is 1. The molecule has 0 aromatic heterocycles. The first-order valence-corrected chi connectivity index (χ1v) is 10.9. The summed E-state index contributed by atoms with van der Waals surface area (Å²) < 4.78 is 0. The normalized spacial score (nSPS) is 16.7. The average molecular weight is 455 g/mol. The van der Waals surface area contributed by atoms with E-state index >= 15 is 0 Å². The van der Waals surface area contributed by atoms with Gasteiger partial charge in [0.25, 0.3) is 11.8 Å². The molecule has 3 rings (SSSR count). The summed E-state index contributed by atoms with van der Waals surface area (Å²) in [7, 11) is 0. The predicted octanol–water partition coefficient (Wildman–Crippen LogP) is 5.77. The van der Waals surface area contributed by atoms with Crippen LogP contribution < -0.4 is 10.2 Å². The predicted molar refractivity (Wildman–Crippen MR) is 131 cm³/mol. The van der Waals surface area contributed by atoms with Gasteiger partial charge in [0.05, 0.1) is 5.69 Å². The average Bonchev–Trinajstić information content (AvgIpc) is 2.65. The number of benzene rings is 2. The lowest BCUT2D eigenvalue weighted by molar-refractivity contribution is -0.122. The summed E-state index contributed by atoms with van der Waals surface area (Å²) >= 11 is 11.2. The van der Waals surface area contributed by atoms with Crippen LogP contribution in [0.4, 0.5) is 5.69 Å². The molecule has 6 heteroatoms. The minimum absolute atomic E-state index is 0.0365. The molecule has 2 amide bonds. The third-order valence-electron chi connectivity index (χ3n) is 5.18. The number of carbonyl (C=O) groups excluding carboxylic acids is 2. The summed E-state index contributed by atoms with van der Waals surface area (Å²) in [5.41, 5.74) is 3.51. The highest BCUT2D eigenvalue weighted by molar-refractivity contribution is 7.80. The fraction of sp³-hybridized carbons (Fsp3) is 0.320. The molecule has 0 saturated carbocycles. The van der Waals surface area contributed by atoms with Gasteiger partial charge in [-0.25, -0.2) is 0 Å². The lowest BCUT2D eigenvalue weighted by Gasteiger charge is -2.29. The first-order valence-electron chi connectivity index (χ1n) is 10.1. The van der Waals surface area contributed by atoms with Gasteiger partial charge in [-0.2, -0.15) is 0 Å². The number of anilines is 1. The summed E-state index contributed by atoms with van der Waals surface area (Å²) in [4.78, 5) is 27.3. The summed E-state index contributed by atoms with van der Waals surface area (Å²) in [6.07, 6.45) is 1.65. The van der Waals surface area contributed by atoms with Crippen molar-refractivity contribution in [2.45, 2.75) is 52.4 Å². The number of hydrogen-bond acceptors (Lipinski definition) is 3. The van der Waals surface area contributed by atoms with Crippen LogP contribution in [0.5, 0.6) is 0 Å². The molecule has 2 aromatic carbocycles. The van der Waals surface area contributed by atoms with Crippen LogP contribution in [-0.4, -0.2) is 16.9 Å². The molecule has 162 valence electrons. The van der Waals surface area contributed by atoms with Crippen molar-refractivity contribution in [1.29, 1.82) is 0 Å². The SMILES string of the molecule is CC(C)(C)c1cc(C=C2C(=O)NC(=S)N(c3ccc(Cl)cc3)C2=O)cc(C(C)(C)C)c1. The second-order valence-corrected chi connectivity index (χ2v) is 10.6. The van der Waals surface area contributed by atoms with Gasteiger partial charge in [0.2, 0.25) is 0 Å². The highest BCUT2D eigenvalue weighted by Gasteiger charge is 2.34. The highest BCUT2D eigenvalue weighted by atomic mass is 35.5. The van der Waals surface area contributed by atoms with E-state index in [1.807, 2.05) is 12.1 Å². The maximum absolute atomic E-state index is 13.3. The summed E-state index contributed by atoms with van der Waals surface area (Å²) in [5.74, 6) is -0.965. The molecule has 1 fully saturated rings. The van der Waals surface area contributed by atoms with Gasteiger partial charge in [0.1, 0.15) is 5.57 Å². The van der Waals surface area contributed by atoms with Gasteiger partial charge >= 0.3 is 0 Å². The standard InChI is InChI=1S/C25H27ClN2O2S/c1-24(2,3)16-11-15(12-17(14-16)25(4,5)6)13-20-21(29)27-23(31)28(22(20)30)19-9-7-18(26)8-10-19/h7-14H,1-6H3,(H,27,29,31). The third kappa shape index (κ3) is 5.05. The Hall–Kier alpha value is -2.50. The number of thiocarbonyl (C=S) groups is 1. The Morgan fingerprint density at radius 3 is 1.90 bits per heavy atom. The molecule has 0 aliphatic carbocycles. The van der Waals surface area contributed by atoms with Gasteiger partial charge < -0.3 is 0 Å². The monoisotopic (exact) mass is 454 g/mol. The van der Waals surface area contributed by atoms with Crippen LogP contribution in [0.1, 0.15) is 58.2 Å². The van der Waals surface area contributed by atoms with Crippen LogP contribution in [0.3, 0.4) is 0 Å². The van der Waals surface area contributed by atoms with Crippen LogP contribution in [0, 0.1) is 0 Å². The second-order valence-electron chi connectivity index (χ2n) is 9.78. The maximum atomic E-state index is 13.3. The Bertz CT molecular complexity index is 1060. The van der Waals surface area contributed by atoms with Crippen molar-refractivity contribution in [2.24, 2.45) is 0 Å². The molecule has 2 aromatic rings. The molecule has 4 nitrogen and oxygen atoms in total. The molecule has 0 bridgehead atoms. The first kappa shape index (κ1) is 23.2. The second kappa shape index (κ2) is 8.21. The summed E-state index contributed by atoms with van der Waals surface area (Å²) in [6.45, 7) is 12.9. The van der Waals surface area contributed by atoms with Crippen molar-refractivity contribution in [1.82, 2.24) is 5.32 Å². The van der Waals surface area contributed by atoms with E-state index in [1.54, 1.807) is 30.3 Å². The summed E-state index contributed by atoms with van der Waals surface area (Å²) in [6, 6.07) is 13.0. The molecule has 1 heterocycles. The van der Waals surface area contributed by atoms with Crippen LogP contribution in [0.15, 0.2) is 48.0 Å². The van der Waals surface area contributed by atoms with E-state index in [2.05, 4.69) is 52.9 Å². The molecular formula is C25H27ClN2O2S. The van der Waals surface area contributed by atoms with Crippen LogP contribution in [-0.2, 0) is 20.4 Å². The number of rotatable bonds is 2. The van der Waals surface area contributed by atoms with E-state index in [9.17, 15) is 9.59 Å². The third-order valence-corrected chi connectivity index (χ3v) is 5.72. The van der Waals surface area contributed by atoms with Crippen molar-refractivity contribution in [2.75, 3.05) is 4.90 Å². The molecule has 0 spiro atoms. The smallest absolute Gasteiger partial charge is 0.270 e. The Kier molecular flexibility index (Phi) is 6.14. The molecule has 31 heavy (non-hydrogen) atoms.